The SMILES string of the molecule is COc1ccc(C(=O)N/N=C(/C)c2ccc(C)cc2C)cc1OC. The number of ether oxygens (including phenoxy) is 2. The van der Waals surface area contributed by atoms with Gasteiger partial charge in [-0.25, -0.2) is 5.43 Å². The number of hydrogen-bond acceptors (Lipinski definition) is 4. The molecule has 0 heterocycles. The molecular formula is C19H22N2O3. The van der Waals surface area contributed by atoms with Gasteiger partial charge < -0.3 is 9.47 Å². The first-order chi connectivity index (χ1) is 11.5. The molecule has 0 atom stereocenters. The Bertz CT molecular complexity index is 782. The van der Waals surface area contributed by atoms with E-state index in [0.29, 0.717) is 17.1 Å². The lowest BCUT2D eigenvalue weighted by molar-refractivity contribution is 0.0954. The predicted octanol–water partition coefficient (Wildman–Crippen LogP) is 3.47. The summed E-state index contributed by atoms with van der Waals surface area (Å²) in [6, 6.07) is 11.1. The first-order valence-corrected chi connectivity index (χ1v) is 7.60. The third kappa shape index (κ3) is 3.93. The van der Waals surface area contributed by atoms with Gasteiger partial charge in [-0.2, -0.15) is 5.10 Å². The summed E-state index contributed by atoms with van der Waals surface area (Å²) in [5.41, 5.74) is 7.10. The summed E-state index contributed by atoms with van der Waals surface area (Å²) < 4.78 is 10.4. The highest BCUT2D eigenvalue weighted by molar-refractivity contribution is 6.02. The molecule has 24 heavy (non-hydrogen) atoms. The highest BCUT2D eigenvalue weighted by Gasteiger charge is 2.10. The van der Waals surface area contributed by atoms with Crippen LogP contribution in [-0.2, 0) is 0 Å². The number of nitrogens with zero attached hydrogens (tertiary/aromatic N) is 1. The number of methoxy groups -OCH3 is 2. The molecule has 0 aliphatic carbocycles. The van der Waals surface area contributed by atoms with Crippen LogP contribution in [0, 0.1) is 13.8 Å². The Morgan fingerprint density at radius 3 is 2.33 bits per heavy atom. The number of carbonyl (C=O) groups is 1. The molecule has 2 rings (SSSR count). The fourth-order valence-electron chi connectivity index (χ4n) is 2.46. The van der Waals surface area contributed by atoms with Gasteiger partial charge in [-0.3, -0.25) is 4.79 Å². The highest BCUT2D eigenvalue weighted by atomic mass is 16.5. The molecule has 126 valence electrons. The molecule has 0 unspecified atom stereocenters. The van der Waals surface area contributed by atoms with Gasteiger partial charge in [0.1, 0.15) is 0 Å². The van der Waals surface area contributed by atoms with Crippen LogP contribution in [-0.4, -0.2) is 25.8 Å². The topological polar surface area (TPSA) is 59.9 Å². The molecule has 0 saturated carbocycles. The molecule has 5 nitrogen and oxygen atoms in total. The predicted molar refractivity (Wildman–Crippen MR) is 95.1 cm³/mol. The number of amides is 1. The lowest BCUT2D eigenvalue weighted by atomic mass is 10.0. The van der Waals surface area contributed by atoms with Gasteiger partial charge in [0.25, 0.3) is 5.91 Å². The van der Waals surface area contributed by atoms with Crippen molar-refractivity contribution >= 4 is 11.6 Å². The largest absolute Gasteiger partial charge is 0.493 e. The second-order valence-corrected chi connectivity index (χ2v) is 5.53. The van der Waals surface area contributed by atoms with Gasteiger partial charge in [-0.1, -0.05) is 23.8 Å². The summed E-state index contributed by atoms with van der Waals surface area (Å²) in [5.74, 6) is 0.768. The van der Waals surface area contributed by atoms with Crippen molar-refractivity contribution in [2.24, 2.45) is 5.10 Å². The summed E-state index contributed by atoms with van der Waals surface area (Å²) in [4.78, 5) is 12.3. The zero-order chi connectivity index (χ0) is 17.7. The fraction of sp³-hybridized carbons (Fsp3) is 0.263. The van der Waals surface area contributed by atoms with Gasteiger partial charge in [0.2, 0.25) is 0 Å². The van der Waals surface area contributed by atoms with Crippen LogP contribution in [0.15, 0.2) is 41.5 Å². The molecule has 0 aromatic heterocycles. The van der Waals surface area contributed by atoms with Gasteiger partial charge in [0.15, 0.2) is 11.5 Å². The molecule has 1 amide bonds. The smallest absolute Gasteiger partial charge is 0.271 e. The Kier molecular flexibility index (Phi) is 5.58. The van der Waals surface area contributed by atoms with E-state index in [2.05, 4.69) is 16.6 Å². The van der Waals surface area contributed by atoms with Crippen molar-refractivity contribution in [3.63, 3.8) is 0 Å². The van der Waals surface area contributed by atoms with E-state index in [0.717, 1.165) is 16.8 Å². The van der Waals surface area contributed by atoms with Crippen molar-refractivity contribution in [3.05, 3.63) is 58.7 Å². The van der Waals surface area contributed by atoms with Crippen LogP contribution in [0.3, 0.4) is 0 Å². The average Bonchev–Trinajstić information content (AvgIpc) is 2.58. The van der Waals surface area contributed by atoms with Gasteiger partial charge >= 0.3 is 0 Å². The van der Waals surface area contributed by atoms with Gasteiger partial charge in [0.05, 0.1) is 19.9 Å². The fourth-order valence-corrected chi connectivity index (χ4v) is 2.46. The summed E-state index contributed by atoms with van der Waals surface area (Å²) in [6.07, 6.45) is 0. The standard InChI is InChI=1S/C19H22N2O3/c1-12-6-8-16(13(2)10-12)14(3)20-21-19(22)15-7-9-17(23-4)18(11-15)24-5/h6-11H,1-5H3,(H,21,22)/b20-14-. The van der Waals surface area contributed by atoms with E-state index in [1.165, 1.54) is 12.7 Å². The minimum atomic E-state index is -0.305. The van der Waals surface area contributed by atoms with E-state index in [1.54, 1.807) is 25.3 Å². The molecule has 2 aromatic carbocycles. The van der Waals surface area contributed by atoms with Crippen molar-refractivity contribution < 1.29 is 14.3 Å². The zero-order valence-corrected chi connectivity index (χ0v) is 14.6. The van der Waals surface area contributed by atoms with Gasteiger partial charge in [0, 0.05) is 11.1 Å². The van der Waals surface area contributed by atoms with Gasteiger partial charge in [-0.15, -0.1) is 0 Å². The van der Waals surface area contributed by atoms with Crippen LogP contribution in [0.2, 0.25) is 0 Å². The van der Waals surface area contributed by atoms with E-state index in [4.69, 9.17) is 9.47 Å². The Hall–Kier alpha value is -2.82. The summed E-state index contributed by atoms with van der Waals surface area (Å²) in [6.45, 7) is 5.94. The monoisotopic (exact) mass is 326 g/mol. The zero-order valence-electron chi connectivity index (χ0n) is 14.6. The molecule has 0 aliphatic rings. The first-order valence-electron chi connectivity index (χ1n) is 7.60. The molecular weight excluding hydrogens is 304 g/mol. The first kappa shape index (κ1) is 17.5. The minimum absolute atomic E-state index is 0.305. The minimum Gasteiger partial charge on any atom is -0.493 e. The van der Waals surface area contributed by atoms with Crippen molar-refractivity contribution in [2.75, 3.05) is 14.2 Å². The molecule has 5 heteroatoms. The Balaban J connectivity index is 2.17. The molecule has 0 saturated heterocycles. The maximum absolute atomic E-state index is 12.3. The molecule has 0 fully saturated rings. The summed E-state index contributed by atoms with van der Waals surface area (Å²) in [5, 5.41) is 4.20. The molecule has 0 spiro atoms. The number of rotatable bonds is 5. The van der Waals surface area contributed by atoms with Crippen LogP contribution in [0.25, 0.3) is 0 Å². The van der Waals surface area contributed by atoms with Crippen LogP contribution >= 0.6 is 0 Å². The molecule has 1 N–H and O–H groups in total. The number of carbonyl (C=O) groups excluding carboxylic acids is 1. The number of benzene rings is 2. The Morgan fingerprint density at radius 1 is 1.00 bits per heavy atom. The van der Waals surface area contributed by atoms with E-state index in [9.17, 15) is 4.79 Å². The number of nitrogens with one attached hydrogen (secondary N) is 1. The van der Waals surface area contributed by atoms with Crippen LogP contribution in [0.5, 0.6) is 11.5 Å². The van der Waals surface area contributed by atoms with Crippen molar-refractivity contribution in [1.29, 1.82) is 0 Å². The maximum atomic E-state index is 12.3. The summed E-state index contributed by atoms with van der Waals surface area (Å²) >= 11 is 0. The normalized spacial score (nSPS) is 11.1. The lowest BCUT2D eigenvalue weighted by Crippen LogP contribution is -2.19. The second-order valence-electron chi connectivity index (χ2n) is 5.53. The molecule has 0 radical (unpaired) electrons. The second kappa shape index (κ2) is 7.64. The third-order valence-electron chi connectivity index (χ3n) is 3.74. The van der Waals surface area contributed by atoms with Crippen molar-refractivity contribution in [1.82, 2.24) is 5.43 Å². The van der Waals surface area contributed by atoms with E-state index in [-0.39, 0.29) is 5.91 Å². The maximum Gasteiger partial charge on any atom is 0.271 e. The highest BCUT2D eigenvalue weighted by Crippen LogP contribution is 2.27. The lowest BCUT2D eigenvalue weighted by Gasteiger charge is -2.09. The Labute approximate surface area is 142 Å². The van der Waals surface area contributed by atoms with Crippen LogP contribution in [0.4, 0.5) is 0 Å². The van der Waals surface area contributed by atoms with Crippen LogP contribution in [0.1, 0.15) is 34.0 Å². The van der Waals surface area contributed by atoms with E-state index in [1.807, 2.05) is 32.9 Å². The van der Waals surface area contributed by atoms with E-state index < -0.39 is 0 Å². The molecule has 0 aliphatic heterocycles. The van der Waals surface area contributed by atoms with Crippen molar-refractivity contribution in [2.45, 2.75) is 20.8 Å². The van der Waals surface area contributed by atoms with Crippen molar-refractivity contribution in [3.8, 4) is 11.5 Å². The summed E-state index contributed by atoms with van der Waals surface area (Å²) in [7, 11) is 3.08. The number of aryl methyl sites for hydroxylation is 2. The Morgan fingerprint density at radius 2 is 1.71 bits per heavy atom. The van der Waals surface area contributed by atoms with Gasteiger partial charge in [-0.05, 0) is 44.5 Å². The molecule has 0 bridgehead atoms. The van der Waals surface area contributed by atoms with Crippen LogP contribution < -0.4 is 14.9 Å². The number of hydrogen-bond donors (Lipinski definition) is 1. The third-order valence-corrected chi connectivity index (χ3v) is 3.74. The molecule has 2 aromatic rings. The number of hydrazone groups is 1. The quantitative estimate of drug-likeness (QED) is 0.676. The van der Waals surface area contributed by atoms with E-state index >= 15 is 0 Å². The average molecular weight is 326 g/mol.